The van der Waals surface area contributed by atoms with Crippen molar-refractivity contribution in [3.05, 3.63) is 0 Å². The van der Waals surface area contributed by atoms with E-state index in [0.717, 1.165) is 0 Å². The minimum absolute atomic E-state index is 0.308. The summed E-state index contributed by atoms with van der Waals surface area (Å²) in [6.45, 7) is -5.65. The van der Waals surface area contributed by atoms with Crippen molar-refractivity contribution < 1.29 is 53.7 Å². The molecule has 0 bridgehead atoms. The van der Waals surface area contributed by atoms with Gasteiger partial charge in [0.25, 0.3) is 17.3 Å². The Kier molecular flexibility index (Phi) is 5.00. The predicted octanol–water partition coefficient (Wildman–Crippen LogP) is 3.01. The Morgan fingerprint density at radius 3 is 1.30 bits per heavy atom. The molecule has 0 spiro atoms. The van der Waals surface area contributed by atoms with Gasteiger partial charge in [0.15, 0.2) is 0 Å². The fourth-order valence-corrected chi connectivity index (χ4v) is 1.67. The minimum Gasteiger partial charge on any atom is -0.390 e. The fourth-order valence-electron chi connectivity index (χ4n) is 1.67. The minimum atomic E-state index is -7.10. The average molecular weight is 326 g/mol. The number of halogens is 10. The lowest BCUT2D eigenvalue weighted by Crippen LogP contribution is -2.72. The molecule has 0 heterocycles. The van der Waals surface area contributed by atoms with Gasteiger partial charge in [-0.25, -0.2) is 17.6 Å². The van der Waals surface area contributed by atoms with E-state index in [1.807, 2.05) is 0 Å². The fraction of sp³-hybridized carbons (Fsp3) is 1.00. The molecule has 1 N–H and O–H groups in total. The summed E-state index contributed by atoms with van der Waals surface area (Å²) < 4.78 is 131. The molecule has 0 amide bonds. The zero-order chi connectivity index (χ0) is 16.6. The van der Waals surface area contributed by atoms with Crippen LogP contribution in [0.3, 0.4) is 0 Å². The van der Waals surface area contributed by atoms with E-state index < -0.39 is 42.8 Å². The van der Waals surface area contributed by atoms with Crippen LogP contribution in [0.2, 0.25) is 0 Å². The Morgan fingerprint density at radius 2 is 1.10 bits per heavy atom. The first-order valence-electron chi connectivity index (χ1n) is 4.61. The van der Waals surface area contributed by atoms with Gasteiger partial charge in [-0.3, -0.25) is 0 Å². The van der Waals surface area contributed by atoms with Gasteiger partial charge in [-0.1, -0.05) is 0 Å². The van der Waals surface area contributed by atoms with E-state index >= 15 is 0 Å². The van der Waals surface area contributed by atoms with E-state index in [4.69, 9.17) is 5.11 Å². The molecule has 0 rings (SSSR count). The summed E-state index contributed by atoms with van der Waals surface area (Å²) in [6, 6.07) is 0. The first-order valence-corrected chi connectivity index (χ1v) is 4.61. The standard InChI is InChI=1S/C8H8F10O2/c1-20-3-5(11,12)6(7(13,14)15,8(16,17)18)4(9,10)2-19/h19H,2-3H2,1H3. The van der Waals surface area contributed by atoms with Crippen molar-refractivity contribution in [1.29, 1.82) is 0 Å². The molecule has 0 aliphatic rings. The average Bonchev–Trinajstić information content (AvgIpc) is 2.11. The Labute approximate surface area is 105 Å². The van der Waals surface area contributed by atoms with Gasteiger partial charge in [0, 0.05) is 7.11 Å². The molecular weight excluding hydrogens is 318 g/mol. The number of methoxy groups -OCH3 is 1. The summed E-state index contributed by atoms with van der Waals surface area (Å²) in [5.74, 6) is -12.3. The van der Waals surface area contributed by atoms with Gasteiger partial charge in [-0.2, -0.15) is 26.3 Å². The van der Waals surface area contributed by atoms with Crippen molar-refractivity contribution in [1.82, 2.24) is 0 Å². The number of ether oxygens (including phenoxy) is 1. The zero-order valence-corrected chi connectivity index (χ0v) is 9.55. The summed E-state index contributed by atoms with van der Waals surface area (Å²) in [5, 5.41) is 8.06. The zero-order valence-electron chi connectivity index (χ0n) is 9.55. The maximum atomic E-state index is 13.3. The second kappa shape index (κ2) is 5.20. The third kappa shape index (κ3) is 2.54. The molecule has 0 aromatic heterocycles. The van der Waals surface area contributed by atoms with Crippen molar-refractivity contribution in [2.75, 3.05) is 20.3 Å². The summed E-state index contributed by atoms with van der Waals surface area (Å²) in [6.07, 6.45) is -14.2. The lowest BCUT2D eigenvalue weighted by atomic mass is 9.73. The summed E-state index contributed by atoms with van der Waals surface area (Å²) in [5.41, 5.74) is -6.77. The summed E-state index contributed by atoms with van der Waals surface area (Å²) in [7, 11) is 0.308. The van der Waals surface area contributed by atoms with E-state index in [1.54, 1.807) is 0 Å². The topological polar surface area (TPSA) is 29.5 Å². The van der Waals surface area contributed by atoms with Crippen LogP contribution in [0.1, 0.15) is 0 Å². The van der Waals surface area contributed by atoms with E-state index in [1.165, 1.54) is 0 Å². The van der Waals surface area contributed by atoms with Crippen LogP contribution >= 0.6 is 0 Å². The molecule has 20 heavy (non-hydrogen) atoms. The molecule has 0 unspecified atom stereocenters. The molecule has 0 saturated carbocycles. The van der Waals surface area contributed by atoms with Crippen LogP contribution in [0, 0.1) is 5.41 Å². The maximum absolute atomic E-state index is 13.3. The molecule has 0 atom stereocenters. The largest absolute Gasteiger partial charge is 0.415 e. The van der Waals surface area contributed by atoms with Gasteiger partial charge >= 0.3 is 12.4 Å². The quantitative estimate of drug-likeness (QED) is 0.787. The predicted molar refractivity (Wildman–Crippen MR) is 43.4 cm³/mol. The van der Waals surface area contributed by atoms with Gasteiger partial charge in [-0.15, -0.1) is 0 Å². The van der Waals surface area contributed by atoms with Gasteiger partial charge in [0.2, 0.25) is 0 Å². The first-order chi connectivity index (χ1) is 8.62. The molecule has 122 valence electrons. The number of alkyl halides is 10. The van der Waals surface area contributed by atoms with E-state index in [-0.39, 0.29) is 0 Å². The summed E-state index contributed by atoms with van der Waals surface area (Å²) in [4.78, 5) is 0. The number of hydrogen-bond acceptors (Lipinski definition) is 2. The van der Waals surface area contributed by atoms with Crippen molar-refractivity contribution in [2.45, 2.75) is 24.2 Å². The van der Waals surface area contributed by atoms with Crippen LogP contribution in [-0.4, -0.2) is 49.6 Å². The van der Waals surface area contributed by atoms with Gasteiger partial charge in [-0.05, 0) is 0 Å². The van der Waals surface area contributed by atoms with Crippen molar-refractivity contribution >= 4 is 0 Å². The van der Waals surface area contributed by atoms with E-state index in [0.29, 0.717) is 7.11 Å². The molecule has 0 aromatic carbocycles. The molecule has 0 fully saturated rings. The Bertz CT molecular complexity index is 317. The lowest BCUT2D eigenvalue weighted by Gasteiger charge is -2.45. The molecule has 0 aromatic rings. The molecule has 0 aliphatic heterocycles. The Hall–Kier alpha value is -0.780. The molecule has 0 radical (unpaired) electrons. The SMILES string of the molecule is COCC(F)(F)C(C(F)(F)F)(C(F)(F)F)C(F)(F)CO. The Balaban J connectivity index is 6.57. The van der Waals surface area contributed by atoms with Crippen LogP contribution in [0.5, 0.6) is 0 Å². The second-order valence-corrected chi connectivity index (χ2v) is 3.75. The first kappa shape index (κ1) is 19.2. The molecule has 2 nitrogen and oxygen atoms in total. The smallest absolute Gasteiger partial charge is 0.390 e. The monoisotopic (exact) mass is 326 g/mol. The van der Waals surface area contributed by atoms with Crippen molar-refractivity contribution in [2.24, 2.45) is 5.41 Å². The number of hydrogen-bond donors (Lipinski definition) is 1. The van der Waals surface area contributed by atoms with E-state index in [9.17, 15) is 43.9 Å². The van der Waals surface area contributed by atoms with Crippen LogP contribution in [0.25, 0.3) is 0 Å². The maximum Gasteiger partial charge on any atom is 0.415 e. The lowest BCUT2D eigenvalue weighted by molar-refractivity contribution is -0.458. The van der Waals surface area contributed by atoms with Gasteiger partial charge < -0.3 is 9.84 Å². The van der Waals surface area contributed by atoms with Crippen molar-refractivity contribution in [3.63, 3.8) is 0 Å². The van der Waals surface area contributed by atoms with Crippen LogP contribution in [-0.2, 0) is 4.74 Å². The highest BCUT2D eigenvalue weighted by atomic mass is 19.4. The third-order valence-corrected chi connectivity index (χ3v) is 2.47. The highest BCUT2D eigenvalue weighted by Gasteiger charge is 2.91. The number of rotatable bonds is 5. The number of aliphatic hydroxyl groups is 1. The number of aliphatic hydroxyl groups excluding tert-OH is 1. The molecule has 12 heteroatoms. The molecule has 0 saturated heterocycles. The van der Waals surface area contributed by atoms with Gasteiger partial charge in [0.1, 0.15) is 13.2 Å². The Morgan fingerprint density at radius 1 is 0.750 bits per heavy atom. The van der Waals surface area contributed by atoms with E-state index in [2.05, 4.69) is 4.74 Å². The van der Waals surface area contributed by atoms with Gasteiger partial charge in [0.05, 0.1) is 0 Å². The highest BCUT2D eigenvalue weighted by Crippen LogP contribution is 2.65. The normalized spacial score (nSPS) is 15.6. The van der Waals surface area contributed by atoms with Crippen LogP contribution < -0.4 is 0 Å². The molecule has 0 aliphatic carbocycles. The molecular formula is C8H8F10O2. The highest BCUT2D eigenvalue weighted by molar-refractivity contribution is 5.11. The summed E-state index contributed by atoms with van der Waals surface area (Å²) >= 11 is 0. The second-order valence-electron chi connectivity index (χ2n) is 3.75. The van der Waals surface area contributed by atoms with Crippen LogP contribution in [0.4, 0.5) is 43.9 Å². The van der Waals surface area contributed by atoms with Crippen molar-refractivity contribution in [3.8, 4) is 0 Å². The third-order valence-electron chi connectivity index (χ3n) is 2.47. The van der Waals surface area contributed by atoms with Crippen LogP contribution in [0.15, 0.2) is 0 Å².